The molecule has 0 aliphatic heterocycles. The van der Waals surface area contributed by atoms with Gasteiger partial charge in [-0.3, -0.25) is 4.79 Å². The van der Waals surface area contributed by atoms with Gasteiger partial charge in [0.25, 0.3) is 5.91 Å². The standard InChI is InChI=1S/C18H18N2O6S2/c19-17(21)11-26-13-5-7-14(8-6-13)28(23,24)20-12-18(22,15-3-1-9-25-15)16-4-2-10-27-16/h1-10,20,22H,11-12H2,(H2,19,21). The van der Waals surface area contributed by atoms with E-state index in [9.17, 15) is 18.3 Å². The van der Waals surface area contributed by atoms with Crippen LogP contribution in [0.25, 0.3) is 0 Å². The van der Waals surface area contributed by atoms with Gasteiger partial charge in [0.15, 0.2) is 12.2 Å². The van der Waals surface area contributed by atoms with Crippen molar-refractivity contribution in [3.63, 3.8) is 0 Å². The van der Waals surface area contributed by atoms with Gasteiger partial charge in [0.1, 0.15) is 11.5 Å². The fourth-order valence-corrected chi connectivity index (χ4v) is 4.36. The number of hydrogen-bond acceptors (Lipinski definition) is 7. The van der Waals surface area contributed by atoms with Gasteiger partial charge in [-0.05, 0) is 47.8 Å². The highest BCUT2D eigenvalue weighted by atomic mass is 32.2. The van der Waals surface area contributed by atoms with Crippen LogP contribution in [-0.2, 0) is 20.4 Å². The van der Waals surface area contributed by atoms with E-state index < -0.39 is 21.5 Å². The second-order valence-corrected chi connectivity index (χ2v) is 8.58. The molecule has 2 heterocycles. The number of sulfonamides is 1. The predicted molar refractivity (Wildman–Crippen MR) is 102 cm³/mol. The highest BCUT2D eigenvalue weighted by molar-refractivity contribution is 7.89. The molecule has 0 fully saturated rings. The summed E-state index contributed by atoms with van der Waals surface area (Å²) in [6, 6.07) is 12.1. The van der Waals surface area contributed by atoms with Crippen molar-refractivity contribution in [2.75, 3.05) is 13.2 Å². The highest BCUT2D eigenvalue weighted by Crippen LogP contribution is 2.33. The minimum absolute atomic E-state index is 0.0214. The molecule has 3 rings (SSSR count). The van der Waals surface area contributed by atoms with Crippen LogP contribution in [0.4, 0.5) is 0 Å². The van der Waals surface area contributed by atoms with E-state index >= 15 is 0 Å². The Kier molecular flexibility index (Phi) is 5.84. The molecule has 1 unspecified atom stereocenters. The third-order valence-corrected chi connectivity index (χ3v) is 6.33. The number of aliphatic hydroxyl groups is 1. The van der Waals surface area contributed by atoms with Gasteiger partial charge in [0, 0.05) is 4.88 Å². The number of carbonyl (C=O) groups excluding carboxylic acids is 1. The maximum atomic E-state index is 12.6. The van der Waals surface area contributed by atoms with Gasteiger partial charge < -0.3 is 20.0 Å². The maximum absolute atomic E-state index is 12.6. The van der Waals surface area contributed by atoms with E-state index in [1.807, 2.05) is 0 Å². The lowest BCUT2D eigenvalue weighted by atomic mass is 9.99. The van der Waals surface area contributed by atoms with E-state index in [1.165, 1.54) is 41.9 Å². The van der Waals surface area contributed by atoms with Crippen molar-refractivity contribution in [2.24, 2.45) is 5.73 Å². The van der Waals surface area contributed by atoms with E-state index in [-0.39, 0.29) is 23.8 Å². The van der Waals surface area contributed by atoms with Crippen molar-refractivity contribution in [3.8, 4) is 5.75 Å². The molecule has 0 aliphatic rings. The summed E-state index contributed by atoms with van der Waals surface area (Å²) >= 11 is 1.29. The molecule has 0 saturated carbocycles. The molecule has 148 valence electrons. The Labute approximate surface area is 165 Å². The van der Waals surface area contributed by atoms with E-state index in [4.69, 9.17) is 14.9 Å². The Bertz CT molecular complexity index is 978. The van der Waals surface area contributed by atoms with Gasteiger partial charge in [-0.1, -0.05) is 6.07 Å². The third-order valence-electron chi connectivity index (χ3n) is 3.89. The molecule has 4 N–H and O–H groups in total. The fraction of sp³-hybridized carbons (Fsp3) is 0.167. The fourth-order valence-electron chi connectivity index (χ4n) is 2.48. The van der Waals surface area contributed by atoms with E-state index in [1.54, 1.807) is 29.6 Å². The molecule has 0 aliphatic carbocycles. The normalized spacial score (nSPS) is 13.8. The highest BCUT2D eigenvalue weighted by Gasteiger charge is 2.37. The number of primary amides is 1. The zero-order valence-corrected chi connectivity index (χ0v) is 16.2. The Morgan fingerprint density at radius 3 is 2.54 bits per heavy atom. The molecule has 0 radical (unpaired) electrons. The van der Waals surface area contributed by atoms with Crippen LogP contribution in [0.5, 0.6) is 5.75 Å². The first-order chi connectivity index (χ1) is 13.3. The van der Waals surface area contributed by atoms with Crippen LogP contribution in [0.3, 0.4) is 0 Å². The molecule has 28 heavy (non-hydrogen) atoms. The number of carbonyl (C=O) groups is 1. The van der Waals surface area contributed by atoms with E-state index in [0.717, 1.165) is 0 Å². The number of benzene rings is 1. The number of furan rings is 1. The Balaban J connectivity index is 1.77. The summed E-state index contributed by atoms with van der Waals surface area (Å²) in [7, 11) is -3.92. The molecule has 10 heteroatoms. The van der Waals surface area contributed by atoms with Gasteiger partial charge in [-0.15, -0.1) is 11.3 Å². The molecule has 0 spiro atoms. The monoisotopic (exact) mass is 422 g/mol. The molecule has 3 aromatic rings. The summed E-state index contributed by atoms with van der Waals surface area (Å²) in [5.74, 6) is -0.0968. The lowest BCUT2D eigenvalue weighted by Gasteiger charge is -2.25. The van der Waals surface area contributed by atoms with Crippen molar-refractivity contribution in [1.29, 1.82) is 0 Å². The van der Waals surface area contributed by atoms with Crippen molar-refractivity contribution in [3.05, 3.63) is 70.8 Å². The van der Waals surface area contributed by atoms with Crippen molar-refractivity contribution >= 4 is 27.3 Å². The molecule has 1 aromatic carbocycles. The lowest BCUT2D eigenvalue weighted by molar-refractivity contribution is -0.119. The molecule has 0 bridgehead atoms. The van der Waals surface area contributed by atoms with Crippen LogP contribution in [0.1, 0.15) is 10.6 Å². The smallest absolute Gasteiger partial charge is 0.255 e. The van der Waals surface area contributed by atoms with Crippen molar-refractivity contribution in [2.45, 2.75) is 10.5 Å². The van der Waals surface area contributed by atoms with Gasteiger partial charge in [0.05, 0.1) is 17.7 Å². The second kappa shape index (κ2) is 8.15. The van der Waals surface area contributed by atoms with Gasteiger partial charge in [-0.2, -0.15) is 0 Å². The van der Waals surface area contributed by atoms with Crippen LogP contribution in [0.2, 0.25) is 0 Å². The molecule has 8 nitrogen and oxygen atoms in total. The minimum atomic E-state index is -3.92. The summed E-state index contributed by atoms with van der Waals surface area (Å²) < 4.78 is 38.1. The number of thiophene rings is 1. The average Bonchev–Trinajstić information content (AvgIpc) is 3.39. The predicted octanol–water partition coefficient (Wildman–Crippen LogP) is 1.42. The number of nitrogens with one attached hydrogen (secondary N) is 1. The van der Waals surface area contributed by atoms with Gasteiger partial charge in [-0.25, -0.2) is 13.1 Å². The summed E-state index contributed by atoms with van der Waals surface area (Å²) in [6.45, 7) is -0.620. The van der Waals surface area contributed by atoms with E-state index in [0.29, 0.717) is 10.6 Å². The number of amides is 1. The van der Waals surface area contributed by atoms with Crippen molar-refractivity contribution in [1.82, 2.24) is 4.72 Å². The number of ether oxygens (including phenoxy) is 1. The van der Waals surface area contributed by atoms with Crippen molar-refractivity contribution < 1.29 is 27.5 Å². The zero-order chi connectivity index (χ0) is 20.2. The van der Waals surface area contributed by atoms with Gasteiger partial charge >= 0.3 is 0 Å². The zero-order valence-electron chi connectivity index (χ0n) is 14.6. The maximum Gasteiger partial charge on any atom is 0.255 e. The Morgan fingerprint density at radius 2 is 1.96 bits per heavy atom. The summed E-state index contributed by atoms with van der Waals surface area (Å²) in [5, 5.41) is 12.9. The molecule has 1 amide bonds. The molecular weight excluding hydrogens is 404 g/mol. The Hall–Kier alpha value is -2.66. The molecule has 0 saturated heterocycles. The Morgan fingerprint density at radius 1 is 1.21 bits per heavy atom. The second-order valence-electron chi connectivity index (χ2n) is 5.87. The van der Waals surface area contributed by atoms with Crippen LogP contribution < -0.4 is 15.2 Å². The number of rotatable bonds is 9. The molecular formula is C18H18N2O6S2. The summed E-state index contributed by atoms with van der Waals surface area (Å²) in [4.78, 5) is 11.3. The first-order valence-corrected chi connectivity index (χ1v) is 10.5. The first-order valence-electron chi connectivity index (χ1n) is 8.12. The molecule has 2 aromatic heterocycles. The van der Waals surface area contributed by atoms with Crippen LogP contribution in [0, 0.1) is 0 Å². The van der Waals surface area contributed by atoms with Crippen LogP contribution in [-0.4, -0.2) is 32.6 Å². The summed E-state index contributed by atoms with van der Waals surface area (Å²) in [5.41, 5.74) is 3.36. The largest absolute Gasteiger partial charge is 0.484 e. The minimum Gasteiger partial charge on any atom is -0.484 e. The molecule has 1 atom stereocenters. The number of hydrogen-bond donors (Lipinski definition) is 3. The van der Waals surface area contributed by atoms with Crippen LogP contribution >= 0.6 is 11.3 Å². The summed E-state index contributed by atoms with van der Waals surface area (Å²) in [6.07, 6.45) is 1.41. The topological polar surface area (TPSA) is 132 Å². The van der Waals surface area contributed by atoms with Crippen LogP contribution in [0.15, 0.2) is 69.5 Å². The lowest BCUT2D eigenvalue weighted by Crippen LogP contribution is -2.40. The average molecular weight is 422 g/mol. The first kappa shape index (κ1) is 20.1. The SMILES string of the molecule is NC(=O)COc1ccc(S(=O)(=O)NCC(O)(c2ccco2)c2cccs2)cc1. The van der Waals surface area contributed by atoms with Gasteiger partial charge in [0.2, 0.25) is 10.0 Å². The quantitative estimate of drug-likeness (QED) is 0.478. The van der Waals surface area contributed by atoms with E-state index in [2.05, 4.69) is 4.72 Å². The number of nitrogens with two attached hydrogens (primary N) is 1. The third kappa shape index (κ3) is 4.42.